The van der Waals surface area contributed by atoms with Crippen molar-refractivity contribution in [2.45, 2.75) is 31.7 Å². The summed E-state index contributed by atoms with van der Waals surface area (Å²) in [4.78, 5) is 23.4. The van der Waals surface area contributed by atoms with Crippen molar-refractivity contribution in [1.82, 2.24) is 5.32 Å². The fourth-order valence-electron chi connectivity index (χ4n) is 2.89. The van der Waals surface area contributed by atoms with Gasteiger partial charge >= 0.3 is 5.97 Å². The van der Waals surface area contributed by atoms with Gasteiger partial charge in [0.15, 0.2) is 0 Å². The molecule has 0 saturated carbocycles. The maximum atomic E-state index is 13.1. The number of aliphatic carboxylic acids is 1. The number of carboxylic acids is 1. The first-order valence-corrected chi connectivity index (χ1v) is 8.90. The highest BCUT2D eigenvalue weighted by Crippen LogP contribution is 2.26. The number of amides is 1. The van der Waals surface area contributed by atoms with E-state index in [2.05, 4.69) is 5.32 Å². The van der Waals surface area contributed by atoms with Crippen molar-refractivity contribution in [3.8, 4) is 11.5 Å². The monoisotopic (exact) mass is 389 g/mol. The fraction of sp³-hybridized carbons (Fsp3) is 0.333. The Hall–Kier alpha value is -3.09. The van der Waals surface area contributed by atoms with Crippen molar-refractivity contribution < 1.29 is 28.6 Å². The number of carboxylic acid groups (broad SMARTS) is 1. The Labute approximate surface area is 163 Å². The van der Waals surface area contributed by atoms with Gasteiger partial charge in [-0.15, -0.1) is 0 Å². The van der Waals surface area contributed by atoms with Crippen LogP contribution in [0.2, 0.25) is 0 Å². The summed E-state index contributed by atoms with van der Waals surface area (Å²) in [5.41, 5.74) is 1.51. The zero-order valence-electron chi connectivity index (χ0n) is 15.9. The lowest BCUT2D eigenvalue weighted by Gasteiger charge is -2.17. The van der Waals surface area contributed by atoms with Gasteiger partial charge in [0.2, 0.25) is 5.91 Å². The maximum Gasteiger partial charge on any atom is 0.305 e. The Morgan fingerprint density at radius 3 is 2.43 bits per heavy atom. The van der Waals surface area contributed by atoms with Crippen LogP contribution in [0.15, 0.2) is 42.5 Å². The zero-order valence-corrected chi connectivity index (χ0v) is 15.9. The quantitative estimate of drug-likeness (QED) is 0.650. The Bertz CT molecular complexity index is 807. The number of aryl methyl sites for hydroxylation is 1. The summed E-state index contributed by atoms with van der Waals surface area (Å²) in [5, 5.41) is 11.8. The highest BCUT2D eigenvalue weighted by Gasteiger charge is 2.18. The van der Waals surface area contributed by atoms with Gasteiger partial charge in [-0.3, -0.25) is 9.59 Å². The predicted octanol–water partition coefficient (Wildman–Crippen LogP) is 3.50. The molecule has 0 radical (unpaired) electrons. The summed E-state index contributed by atoms with van der Waals surface area (Å²) in [7, 11) is 3.15. The molecule has 0 aliphatic carbocycles. The molecular weight excluding hydrogens is 365 g/mol. The fourth-order valence-corrected chi connectivity index (χ4v) is 2.89. The molecule has 0 fully saturated rings. The van der Waals surface area contributed by atoms with E-state index >= 15 is 0 Å². The van der Waals surface area contributed by atoms with Crippen LogP contribution in [0.3, 0.4) is 0 Å². The van der Waals surface area contributed by atoms with Crippen LogP contribution in [0.25, 0.3) is 0 Å². The van der Waals surface area contributed by atoms with Gasteiger partial charge in [-0.05, 0) is 42.2 Å². The highest BCUT2D eigenvalue weighted by atomic mass is 19.1. The van der Waals surface area contributed by atoms with E-state index in [4.69, 9.17) is 14.6 Å². The molecule has 0 saturated heterocycles. The van der Waals surface area contributed by atoms with Crippen LogP contribution in [0.5, 0.6) is 11.5 Å². The lowest BCUT2D eigenvalue weighted by atomic mass is 10.0. The van der Waals surface area contributed by atoms with Crippen molar-refractivity contribution >= 4 is 11.9 Å². The lowest BCUT2D eigenvalue weighted by molar-refractivity contribution is -0.137. The number of halogens is 1. The maximum absolute atomic E-state index is 13.1. The Balaban J connectivity index is 1.94. The second kappa shape index (κ2) is 10.3. The van der Waals surface area contributed by atoms with Gasteiger partial charge in [0, 0.05) is 12.5 Å². The SMILES string of the molecule is COc1ccc(CCCC(=O)NC(CC(=O)O)c2ccc(F)cc2)c(OC)c1. The van der Waals surface area contributed by atoms with Crippen LogP contribution >= 0.6 is 0 Å². The Kier molecular flexibility index (Phi) is 7.80. The van der Waals surface area contributed by atoms with Gasteiger partial charge in [-0.1, -0.05) is 18.2 Å². The second-order valence-corrected chi connectivity index (χ2v) is 6.30. The van der Waals surface area contributed by atoms with Crippen molar-refractivity contribution in [3.05, 3.63) is 59.4 Å². The van der Waals surface area contributed by atoms with Gasteiger partial charge in [-0.25, -0.2) is 4.39 Å². The minimum Gasteiger partial charge on any atom is -0.497 e. The Morgan fingerprint density at radius 2 is 1.82 bits per heavy atom. The molecule has 2 rings (SSSR count). The highest BCUT2D eigenvalue weighted by molar-refractivity contribution is 5.77. The summed E-state index contributed by atoms with van der Waals surface area (Å²) >= 11 is 0. The molecular formula is C21H24FNO5. The predicted molar refractivity (Wildman–Crippen MR) is 102 cm³/mol. The molecule has 6 nitrogen and oxygen atoms in total. The van der Waals surface area contributed by atoms with E-state index in [1.165, 1.54) is 24.3 Å². The number of hydrogen-bond acceptors (Lipinski definition) is 4. The van der Waals surface area contributed by atoms with Crippen LogP contribution < -0.4 is 14.8 Å². The van der Waals surface area contributed by atoms with Crippen molar-refractivity contribution in [1.29, 1.82) is 0 Å². The van der Waals surface area contributed by atoms with Crippen molar-refractivity contribution in [2.75, 3.05) is 14.2 Å². The largest absolute Gasteiger partial charge is 0.497 e. The van der Waals surface area contributed by atoms with Crippen LogP contribution in [0.4, 0.5) is 4.39 Å². The number of carbonyl (C=O) groups excluding carboxylic acids is 1. The number of hydrogen-bond donors (Lipinski definition) is 2. The molecule has 7 heteroatoms. The van der Waals surface area contributed by atoms with Gasteiger partial charge in [0.05, 0.1) is 26.7 Å². The van der Waals surface area contributed by atoms with Gasteiger partial charge in [-0.2, -0.15) is 0 Å². The molecule has 0 aromatic heterocycles. The molecule has 28 heavy (non-hydrogen) atoms. The standard InChI is InChI=1S/C21H24FNO5/c1-27-17-11-8-15(19(12-17)28-2)4-3-5-20(24)23-18(13-21(25)26)14-6-9-16(22)10-7-14/h6-12,18H,3-5,13H2,1-2H3,(H,23,24)(H,25,26). The first-order valence-electron chi connectivity index (χ1n) is 8.90. The zero-order chi connectivity index (χ0) is 20.5. The summed E-state index contributed by atoms with van der Waals surface area (Å²) < 4.78 is 23.6. The average Bonchev–Trinajstić information content (AvgIpc) is 2.68. The Morgan fingerprint density at radius 1 is 1.11 bits per heavy atom. The van der Waals surface area contributed by atoms with Crippen molar-refractivity contribution in [3.63, 3.8) is 0 Å². The molecule has 0 heterocycles. The molecule has 1 unspecified atom stereocenters. The number of methoxy groups -OCH3 is 2. The number of ether oxygens (including phenoxy) is 2. The molecule has 1 atom stereocenters. The van der Waals surface area contributed by atoms with Gasteiger partial charge in [0.25, 0.3) is 0 Å². The van der Waals surface area contributed by atoms with Crippen LogP contribution in [0.1, 0.15) is 36.4 Å². The molecule has 0 spiro atoms. The normalized spacial score (nSPS) is 11.5. The molecule has 2 aromatic rings. The summed E-state index contributed by atoms with van der Waals surface area (Å²) in [6, 6.07) is 10.2. The van der Waals surface area contributed by atoms with E-state index in [0.29, 0.717) is 29.9 Å². The third-order valence-electron chi connectivity index (χ3n) is 4.33. The number of rotatable bonds is 10. The minimum absolute atomic E-state index is 0.229. The average molecular weight is 389 g/mol. The van der Waals surface area contributed by atoms with Crippen LogP contribution in [-0.4, -0.2) is 31.2 Å². The van der Waals surface area contributed by atoms with Gasteiger partial charge < -0.3 is 19.9 Å². The first kappa shape index (κ1) is 21.2. The molecule has 0 aliphatic rings. The number of benzene rings is 2. The molecule has 2 N–H and O–H groups in total. The topological polar surface area (TPSA) is 84.9 Å². The molecule has 150 valence electrons. The van der Waals surface area contributed by atoms with E-state index < -0.39 is 17.8 Å². The van der Waals surface area contributed by atoms with Crippen LogP contribution in [0, 0.1) is 5.82 Å². The summed E-state index contributed by atoms with van der Waals surface area (Å²) in [6.07, 6.45) is 1.15. The third kappa shape index (κ3) is 6.26. The summed E-state index contributed by atoms with van der Waals surface area (Å²) in [5.74, 6) is -0.345. The smallest absolute Gasteiger partial charge is 0.305 e. The van der Waals surface area contributed by atoms with E-state index in [9.17, 15) is 14.0 Å². The van der Waals surface area contributed by atoms with E-state index in [0.717, 1.165) is 5.56 Å². The van der Waals surface area contributed by atoms with Crippen molar-refractivity contribution in [2.24, 2.45) is 0 Å². The van der Waals surface area contributed by atoms with Gasteiger partial charge in [0.1, 0.15) is 17.3 Å². The summed E-state index contributed by atoms with van der Waals surface area (Å²) in [6.45, 7) is 0. The third-order valence-corrected chi connectivity index (χ3v) is 4.33. The molecule has 2 aromatic carbocycles. The van der Waals surface area contributed by atoms with Crippen LogP contribution in [-0.2, 0) is 16.0 Å². The minimum atomic E-state index is -1.04. The molecule has 1 amide bonds. The molecule has 0 aliphatic heterocycles. The second-order valence-electron chi connectivity index (χ2n) is 6.30. The van der Waals surface area contributed by atoms with E-state index in [1.807, 2.05) is 12.1 Å². The molecule has 0 bridgehead atoms. The first-order chi connectivity index (χ1) is 13.4. The number of carbonyl (C=O) groups is 2. The van der Waals surface area contributed by atoms with E-state index in [1.54, 1.807) is 20.3 Å². The van der Waals surface area contributed by atoms with E-state index in [-0.39, 0.29) is 18.7 Å². The number of nitrogens with one attached hydrogen (secondary N) is 1. The lowest BCUT2D eigenvalue weighted by Crippen LogP contribution is -2.30.